The highest BCUT2D eigenvalue weighted by atomic mass is 16.5. The van der Waals surface area contributed by atoms with E-state index < -0.39 is 0 Å². The van der Waals surface area contributed by atoms with Crippen LogP contribution in [-0.2, 0) is 4.74 Å². The lowest BCUT2D eigenvalue weighted by molar-refractivity contribution is 0.115. The lowest BCUT2D eigenvalue weighted by Gasteiger charge is -2.22. The van der Waals surface area contributed by atoms with Crippen LogP contribution in [0.4, 0.5) is 5.95 Å². The quantitative estimate of drug-likeness (QED) is 0.802. The van der Waals surface area contributed by atoms with Gasteiger partial charge in [0, 0.05) is 25.5 Å². The molecule has 5 nitrogen and oxygen atoms in total. The van der Waals surface area contributed by atoms with E-state index in [4.69, 9.17) is 4.74 Å². The summed E-state index contributed by atoms with van der Waals surface area (Å²) in [5.74, 6) is 0.679. The predicted molar refractivity (Wildman–Crippen MR) is 60.4 cm³/mol. The number of aromatic nitrogens is 2. The fourth-order valence-corrected chi connectivity index (χ4v) is 2.04. The molecule has 1 N–H and O–H groups in total. The Morgan fingerprint density at radius 1 is 1.62 bits per heavy atom. The maximum Gasteiger partial charge on any atom is 0.225 e. The molecule has 0 aromatic carbocycles. The van der Waals surface area contributed by atoms with Gasteiger partial charge in [0.05, 0.1) is 18.8 Å². The molecule has 0 amide bonds. The average molecular weight is 223 g/mol. The second-order valence-corrected chi connectivity index (χ2v) is 4.08. The van der Waals surface area contributed by atoms with Crippen molar-refractivity contribution in [2.45, 2.75) is 25.5 Å². The summed E-state index contributed by atoms with van der Waals surface area (Å²) in [5, 5.41) is 9.33. The Balaban J connectivity index is 2.19. The summed E-state index contributed by atoms with van der Waals surface area (Å²) < 4.78 is 5.32. The molecule has 0 radical (unpaired) electrons. The number of rotatable bonds is 3. The molecule has 1 aromatic heterocycles. The van der Waals surface area contributed by atoms with Crippen LogP contribution in [0, 0.1) is 6.92 Å². The van der Waals surface area contributed by atoms with Crippen LogP contribution in [-0.4, -0.2) is 47.5 Å². The number of aryl methyl sites for hydroxylation is 1. The highest BCUT2D eigenvalue weighted by molar-refractivity contribution is 5.34. The summed E-state index contributed by atoms with van der Waals surface area (Å²) in [5.41, 5.74) is 0.933. The number of aliphatic hydroxyl groups is 1. The van der Waals surface area contributed by atoms with Crippen molar-refractivity contribution in [1.82, 2.24) is 9.97 Å². The minimum absolute atomic E-state index is 0.0618. The first-order valence-corrected chi connectivity index (χ1v) is 5.44. The standard InChI is InChI=1S/C11H17N3O2/c1-8-3-4-12-11(13-8)14-6-10(16-2)5-9(14)7-15/h3-4,9-10,15H,5-7H2,1-2H3/t9-,10-/m0/s1. The van der Waals surface area contributed by atoms with E-state index in [2.05, 4.69) is 9.97 Å². The fourth-order valence-electron chi connectivity index (χ4n) is 2.04. The van der Waals surface area contributed by atoms with Crippen molar-refractivity contribution in [2.24, 2.45) is 0 Å². The second kappa shape index (κ2) is 4.76. The summed E-state index contributed by atoms with van der Waals surface area (Å²) in [6, 6.07) is 1.92. The Bertz CT molecular complexity index is 359. The Kier molecular flexibility index (Phi) is 3.36. The monoisotopic (exact) mass is 223 g/mol. The van der Waals surface area contributed by atoms with Gasteiger partial charge in [-0.1, -0.05) is 0 Å². The van der Waals surface area contributed by atoms with Crippen molar-refractivity contribution in [2.75, 3.05) is 25.2 Å². The zero-order chi connectivity index (χ0) is 11.5. The van der Waals surface area contributed by atoms with Crippen LogP contribution in [0.2, 0.25) is 0 Å². The van der Waals surface area contributed by atoms with Crippen LogP contribution in [0.3, 0.4) is 0 Å². The van der Waals surface area contributed by atoms with Gasteiger partial charge in [-0.2, -0.15) is 0 Å². The van der Waals surface area contributed by atoms with Crippen molar-refractivity contribution < 1.29 is 9.84 Å². The van der Waals surface area contributed by atoms with Gasteiger partial charge in [0.1, 0.15) is 0 Å². The Hall–Kier alpha value is -1.20. The summed E-state index contributed by atoms with van der Waals surface area (Å²) in [7, 11) is 1.69. The number of hydrogen-bond acceptors (Lipinski definition) is 5. The molecule has 1 aliphatic rings. The number of hydrogen-bond donors (Lipinski definition) is 1. The molecule has 1 aliphatic heterocycles. The average Bonchev–Trinajstić information content (AvgIpc) is 2.72. The van der Waals surface area contributed by atoms with E-state index in [0.717, 1.165) is 18.7 Å². The lowest BCUT2D eigenvalue weighted by atomic mass is 10.2. The molecule has 1 fully saturated rings. The second-order valence-electron chi connectivity index (χ2n) is 4.08. The lowest BCUT2D eigenvalue weighted by Crippen LogP contribution is -2.33. The van der Waals surface area contributed by atoms with Crippen molar-refractivity contribution in [1.29, 1.82) is 0 Å². The molecular formula is C11H17N3O2. The van der Waals surface area contributed by atoms with Crippen molar-refractivity contribution in [3.8, 4) is 0 Å². The Morgan fingerprint density at radius 3 is 3.06 bits per heavy atom. The topological polar surface area (TPSA) is 58.5 Å². The normalized spacial score (nSPS) is 25.1. The summed E-state index contributed by atoms with van der Waals surface area (Å²) in [6.45, 7) is 2.78. The molecule has 0 spiro atoms. The highest BCUT2D eigenvalue weighted by Gasteiger charge is 2.33. The van der Waals surface area contributed by atoms with Gasteiger partial charge < -0.3 is 14.7 Å². The first-order chi connectivity index (χ1) is 7.74. The fraction of sp³-hybridized carbons (Fsp3) is 0.636. The largest absolute Gasteiger partial charge is 0.394 e. The molecule has 1 aromatic rings. The maximum atomic E-state index is 9.33. The van der Waals surface area contributed by atoms with E-state index in [1.54, 1.807) is 13.3 Å². The first kappa shape index (κ1) is 11.3. The predicted octanol–water partition coefficient (Wildman–Crippen LogP) is 0.371. The van der Waals surface area contributed by atoms with Gasteiger partial charge in [0.2, 0.25) is 5.95 Å². The molecule has 2 heterocycles. The molecule has 16 heavy (non-hydrogen) atoms. The summed E-state index contributed by atoms with van der Waals surface area (Å²) in [4.78, 5) is 10.6. The van der Waals surface area contributed by atoms with Gasteiger partial charge in [-0.3, -0.25) is 0 Å². The first-order valence-electron chi connectivity index (χ1n) is 5.44. The number of anilines is 1. The zero-order valence-corrected chi connectivity index (χ0v) is 9.63. The molecule has 2 atom stereocenters. The van der Waals surface area contributed by atoms with Crippen LogP contribution in [0.1, 0.15) is 12.1 Å². The van der Waals surface area contributed by atoms with E-state index >= 15 is 0 Å². The van der Waals surface area contributed by atoms with Crippen molar-refractivity contribution in [3.63, 3.8) is 0 Å². The number of ether oxygens (including phenoxy) is 1. The SMILES string of the molecule is CO[C@H]1C[C@@H](CO)N(c2nccc(C)n2)C1. The van der Waals surface area contributed by atoms with Gasteiger partial charge in [0.15, 0.2) is 0 Å². The number of nitrogens with zero attached hydrogens (tertiary/aromatic N) is 3. The van der Waals surface area contributed by atoms with Crippen LogP contribution >= 0.6 is 0 Å². The third-order valence-electron chi connectivity index (χ3n) is 2.96. The molecule has 1 saturated heterocycles. The van der Waals surface area contributed by atoms with Gasteiger partial charge >= 0.3 is 0 Å². The smallest absolute Gasteiger partial charge is 0.225 e. The molecule has 88 valence electrons. The minimum atomic E-state index is 0.0618. The van der Waals surface area contributed by atoms with Gasteiger partial charge in [-0.25, -0.2) is 9.97 Å². The molecule has 5 heteroatoms. The Labute approximate surface area is 95.1 Å². The van der Waals surface area contributed by atoms with Gasteiger partial charge in [-0.05, 0) is 19.4 Å². The number of methoxy groups -OCH3 is 1. The van der Waals surface area contributed by atoms with E-state index in [1.807, 2.05) is 17.9 Å². The van der Waals surface area contributed by atoms with Crippen LogP contribution < -0.4 is 4.90 Å². The minimum Gasteiger partial charge on any atom is -0.394 e. The molecule has 0 saturated carbocycles. The molecule has 2 rings (SSSR count). The molecular weight excluding hydrogens is 206 g/mol. The van der Waals surface area contributed by atoms with Crippen molar-refractivity contribution in [3.05, 3.63) is 18.0 Å². The van der Waals surface area contributed by atoms with Crippen LogP contribution in [0.25, 0.3) is 0 Å². The maximum absolute atomic E-state index is 9.33. The molecule has 0 aliphatic carbocycles. The van der Waals surface area contributed by atoms with Crippen LogP contribution in [0.5, 0.6) is 0 Å². The number of aliphatic hydroxyl groups excluding tert-OH is 1. The summed E-state index contributed by atoms with van der Waals surface area (Å²) >= 11 is 0. The van der Waals surface area contributed by atoms with E-state index in [1.165, 1.54) is 0 Å². The zero-order valence-electron chi connectivity index (χ0n) is 9.63. The van der Waals surface area contributed by atoms with E-state index in [9.17, 15) is 5.11 Å². The third kappa shape index (κ3) is 2.15. The van der Waals surface area contributed by atoms with E-state index in [-0.39, 0.29) is 18.8 Å². The van der Waals surface area contributed by atoms with Crippen molar-refractivity contribution >= 4 is 5.95 Å². The third-order valence-corrected chi connectivity index (χ3v) is 2.96. The van der Waals surface area contributed by atoms with Gasteiger partial charge in [0.25, 0.3) is 0 Å². The van der Waals surface area contributed by atoms with Gasteiger partial charge in [-0.15, -0.1) is 0 Å². The molecule has 0 unspecified atom stereocenters. The Morgan fingerprint density at radius 2 is 2.44 bits per heavy atom. The van der Waals surface area contributed by atoms with Crippen LogP contribution in [0.15, 0.2) is 12.3 Å². The van der Waals surface area contributed by atoms with E-state index in [0.29, 0.717) is 5.95 Å². The molecule has 0 bridgehead atoms. The highest BCUT2D eigenvalue weighted by Crippen LogP contribution is 2.23. The summed E-state index contributed by atoms with van der Waals surface area (Å²) in [6.07, 6.45) is 2.72.